The lowest BCUT2D eigenvalue weighted by atomic mass is 9.91. The van der Waals surface area contributed by atoms with E-state index in [0.717, 1.165) is 11.8 Å². The third-order valence-electron chi connectivity index (χ3n) is 3.56. The van der Waals surface area contributed by atoms with Crippen molar-refractivity contribution < 1.29 is 0 Å². The maximum absolute atomic E-state index is 3.50. The predicted molar refractivity (Wildman–Crippen MR) is 74.3 cm³/mol. The van der Waals surface area contributed by atoms with E-state index in [1.165, 1.54) is 49.9 Å². The van der Waals surface area contributed by atoms with Gasteiger partial charge in [0.2, 0.25) is 0 Å². The molecule has 1 atom stereocenters. The van der Waals surface area contributed by atoms with E-state index in [0.29, 0.717) is 0 Å². The molecule has 0 aromatic heterocycles. The van der Waals surface area contributed by atoms with Crippen LogP contribution < -0.4 is 5.32 Å². The predicted octanol–water partition coefficient (Wildman–Crippen LogP) is 3.43. The minimum absolute atomic E-state index is 0.751. The Hall–Kier alpha value is -0.820. The van der Waals surface area contributed by atoms with Crippen molar-refractivity contribution in [1.29, 1.82) is 0 Å². The van der Waals surface area contributed by atoms with Gasteiger partial charge in [0.05, 0.1) is 0 Å². The Balaban J connectivity index is 1.95. The van der Waals surface area contributed by atoms with E-state index in [1.807, 2.05) is 0 Å². The molecule has 1 aliphatic rings. The second-order valence-corrected chi connectivity index (χ2v) is 5.83. The highest BCUT2D eigenvalue weighted by molar-refractivity contribution is 5.24. The zero-order valence-electron chi connectivity index (χ0n) is 11.2. The Bertz CT molecular complexity index is 337. The van der Waals surface area contributed by atoms with Crippen LogP contribution in [0.3, 0.4) is 0 Å². The third kappa shape index (κ3) is 4.16. The SMILES string of the molecule is CC(C)Cc1cccc(CC2CCCNC2)c1. The molecule has 1 N–H and O–H groups in total. The topological polar surface area (TPSA) is 12.0 Å². The quantitative estimate of drug-likeness (QED) is 0.837. The zero-order chi connectivity index (χ0) is 12.1. The van der Waals surface area contributed by atoms with Gasteiger partial charge in [-0.1, -0.05) is 38.1 Å². The van der Waals surface area contributed by atoms with Gasteiger partial charge < -0.3 is 5.32 Å². The van der Waals surface area contributed by atoms with Crippen LogP contribution in [0, 0.1) is 11.8 Å². The van der Waals surface area contributed by atoms with Gasteiger partial charge in [0.1, 0.15) is 0 Å². The largest absolute Gasteiger partial charge is 0.316 e. The van der Waals surface area contributed by atoms with Crippen LogP contribution in [0.5, 0.6) is 0 Å². The van der Waals surface area contributed by atoms with Crippen molar-refractivity contribution in [2.75, 3.05) is 13.1 Å². The fourth-order valence-corrected chi connectivity index (χ4v) is 2.79. The van der Waals surface area contributed by atoms with Gasteiger partial charge >= 0.3 is 0 Å². The number of nitrogens with one attached hydrogen (secondary N) is 1. The highest BCUT2D eigenvalue weighted by atomic mass is 14.9. The first kappa shape index (κ1) is 12.6. The molecule has 0 radical (unpaired) electrons. The van der Waals surface area contributed by atoms with E-state index in [-0.39, 0.29) is 0 Å². The third-order valence-corrected chi connectivity index (χ3v) is 3.56. The molecule has 1 aliphatic heterocycles. The second kappa shape index (κ2) is 6.20. The summed E-state index contributed by atoms with van der Waals surface area (Å²) in [5.41, 5.74) is 3.03. The first-order chi connectivity index (χ1) is 8.24. The normalized spacial score (nSPS) is 20.8. The van der Waals surface area contributed by atoms with Crippen molar-refractivity contribution in [2.24, 2.45) is 11.8 Å². The van der Waals surface area contributed by atoms with Gasteiger partial charge in [-0.2, -0.15) is 0 Å². The summed E-state index contributed by atoms with van der Waals surface area (Å²) < 4.78 is 0. The van der Waals surface area contributed by atoms with Gasteiger partial charge in [-0.15, -0.1) is 0 Å². The van der Waals surface area contributed by atoms with E-state index < -0.39 is 0 Å². The van der Waals surface area contributed by atoms with Crippen molar-refractivity contribution in [2.45, 2.75) is 39.5 Å². The molecule has 1 saturated heterocycles. The summed E-state index contributed by atoms with van der Waals surface area (Å²) in [6.07, 6.45) is 5.19. The maximum Gasteiger partial charge on any atom is -0.00173 e. The lowest BCUT2D eigenvalue weighted by Gasteiger charge is -2.23. The monoisotopic (exact) mass is 231 g/mol. The average Bonchev–Trinajstić information content (AvgIpc) is 2.30. The van der Waals surface area contributed by atoms with Crippen molar-refractivity contribution in [3.05, 3.63) is 35.4 Å². The average molecular weight is 231 g/mol. The van der Waals surface area contributed by atoms with Crippen molar-refractivity contribution in [3.8, 4) is 0 Å². The molecule has 1 fully saturated rings. The van der Waals surface area contributed by atoms with Gasteiger partial charge in [-0.3, -0.25) is 0 Å². The first-order valence-corrected chi connectivity index (χ1v) is 7.02. The molecule has 1 aromatic rings. The van der Waals surface area contributed by atoms with Gasteiger partial charge in [-0.05, 0) is 61.7 Å². The van der Waals surface area contributed by atoms with E-state index in [9.17, 15) is 0 Å². The molecule has 0 amide bonds. The molecule has 0 bridgehead atoms. The Morgan fingerprint density at radius 1 is 1.29 bits per heavy atom. The number of hydrogen-bond acceptors (Lipinski definition) is 1. The highest BCUT2D eigenvalue weighted by Crippen LogP contribution is 2.18. The molecule has 0 spiro atoms. The Morgan fingerprint density at radius 2 is 2.12 bits per heavy atom. The Kier molecular flexibility index (Phi) is 4.61. The summed E-state index contributed by atoms with van der Waals surface area (Å²) in [5, 5.41) is 3.50. The molecule has 1 aromatic carbocycles. The van der Waals surface area contributed by atoms with Crippen LogP contribution in [0.2, 0.25) is 0 Å². The Labute approximate surface area is 106 Å². The Morgan fingerprint density at radius 3 is 2.82 bits per heavy atom. The van der Waals surface area contributed by atoms with Crippen LogP contribution in [0.25, 0.3) is 0 Å². The summed E-state index contributed by atoms with van der Waals surface area (Å²) in [6, 6.07) is 9.19. The lowest BCUT2D eigenvalue weighted by Crippen LogP contribution is -2.30. The van der Waals surface area contributed by atoms with Gasteiger partial charge in [0.15, 0.2) is 0 Å². The number of hydrogen-bond donors (Lipinski definition) is 1. The summed E-state index contributed by atoms with van der Waals surface area (Å²) in [4.78, 5) is 0. The number of benzene rings is 1. The van der Waals surface area contributed by atoms with E-state index in [2.05, 4.69) is 43.4 Å². The van der Waals surface area contributed by atoms with Crippen LogP contribution >= 0.6 is 0 Å². The maximum atomic E-state index is 3.50. The minimum Gasteiger partial charge on any atom is -0.316 e. The zero-order valence-corrected chi connectivity index (χ0v) is 11.2. The molecular weight excluding hydrogens is 206 g/mol. The molecule has 94 valence electrons. The first-order valence-electron chi connectivity index (χ1n) is 7.02. The van der Waals surface area contributed by atoms with Crippen molar-refractivity contribution in [1.82, 2.24) is 5.32 Å². The van der Waals surface area contributed by atoms with E-state index >= 15 is 0 Å². The van der Waals surface area contributed by atoms with Crippen molar-refractivity contribution in [3.63, 3.8) is 0 Å². The molecule has 1 heteroatoms. The van der Waals surface area contributed by atoms with E-state index in [1.54, 1.807) is 0 Å². The van der Waals surface area contributed by atoms with Gasteiger partial charge in [0.25, 0.3) is 0 Å². The number of rotatable bonds is 4. The molecule has 1 nitrogen and oxygen atoms in total. The number of piperidine rings is 1. The molecule has 0 aliphatic carbocycles. The molecule has 17 heavy (non-hydrogen) atoms. The molecule has 1 unspecified atom stereocenters. The minimum atomic E-state index is 0.751. The van der Waals surface area contributed by atoms with Crippen molar-refractivity contribution >= 4 is 0 Å². The second-order valence-electron chi connectivity index (χ2n) is 5.83. The summed E-state index contributed by atoms with van der Waals surface area (Å²) in [6.45, 7) is 6.99. The van der Waals surface area contributed by atoms with Crippen LogP contribution in [-0.2, 0) is 12.8 Å². The standard InChI is InChI=1S/C16H25N/c1-13(2)9-14-5-3-6-15(10-14)11-16-7-4-8-17-12-16/h3,5-6,10,13,16-17H,4,7-9,11-12H2,1-2H3. The smallest absolute Gasteiger partial charge is 0.00173 e. The van der Waals surface area contributed by atoms with E-state index in [4.69, 9.17) is 0 Å². The van der Waals surface area contributed by atoms with Crippen LogP contribution in [0.4, 0.5) is 0 Å². The molecule has 0 saturated carbocycles. The van der Waals surface area contributed by atoms with Crippen LogP contribution in [0.15, 0.2) is 24.3 Å². The highest BCUT2D eigenvalue weighted by Gasteiger charge is 2.13. The molecular formula is C16H25N. The molecule has 1 heterocycles. The van der Waals surface area contributed by atoms with Crippen LogP contribution in [-0.4, -0.2) is 13.1 Å². The summed E-state index contributed by atoms with van der Waals surface area (Å²) in [5.74, 6) is 1.60. The fourth-order valence-electron chi connectivity index (χ4n) is 2.79. The van der Waals surface area contributed by atoms with Crippen LogP contribution in [0.1, 0.15) is 37.8 Å². The lowest BCUT2D eigenvalue weighted by molar-refractivity contribution is 0.376. The van der Waals surface area contributed by atoms with Gasteiger partial charge in [-0.25, -0.2) is 0 Å². The summed E-state index contributed by atoms with van der Waals surface area (Å²) in [7, 11) is 0. The summed E-state index contributed by atoms with van der Waals surface area (Å²) >= 11 is 0. The molecule has 2 rings (SSSR count). The fraction of sp³-hybridized carbons (Fsp3) is 0.625. The van der Waals surface area contributed by atoms with Gasteiger partial charge in [0, 0.05) is 0 Å².